The van der Waals surface area contributed by atoms with Crippen LogP contribution in [0.25, 0.3) is 22.3 Å². The van der Waals surface area contributed by atoms with Crippen LogP contribution in [0.2, 0.25) is 0 Å². The van der Waals surface area contributed by atoms with Crippen molar-refractivity contribution >= 4 is 35.4 Å². The Labute approximate surface area is 277 Å². The summed E-state index contributed by atoms with van der Waals surface area (Å²) in [4.78, 5) is 42.5. The number of halogens is 1. The predicted molar refractivity (Wildman–Crippen MR) is 180 cm³/mol. The van der Waals surface area contributed by atoms with Crippen LogP contribution in [-0.2, 0) is 11.2 Å². The molecule has 0 spiro atoms. The van der Waals surface area contributed by atoms with Crippen molar-refractivity contribution in [1.82, 2.24) is 25.8 Å². The van der Waals surface area contributed by atoms with E-state index in [1.165, 1.54) is 0 Å². The number of carbonyl (C=O) groups is 3. The molecule has 4 aliphatic heterocycles. The first-order chi connectivity index (χ1) is 22.8. The largest absolute Gasteiger partial charge is 0.490 e. The number of aromatic nitrogens is 1. The topological polar surface area (TPSA) is 139 Å². The molecular weight excluding hydrogens is 619 g/mol. The Kier molecular flexibility index (Phi) is 8.94. The highest BCUT2D eigenvalue weighted by Gasteiger charge is 2.42. The van der Waals surface area contributed by atoms with Crippen molar-refractivity contribution in [3.63, 3.8) is 0 Å². The molecule has 5 N–H and O–H groups in total. The van der Waals surface area contributed by atoms with Gasteiger partial charge in [-0.05, 0) is 60.2 Å². The first-order valence-corrected chi connectivity index (χ1v) is 17.5. The van der Waals surface area contributed by atoms with E-state index in [9.17, 15) is 14.4 Å². The molecule has 0 unspecified atom stereocenters. The SMILES string of the molecule is Nc1nc(F)c(-c2ccc(OC3CCN(C(=O)CCCC[C@@H]4SC[C@@H]5NC(=O)N[C@@H]54)CC3)cc2)cc1-c1ccc2c(c1)CCNC2=O. The molecule has 1 aromatic heterocycles. The lowest BCUT2D eigenvalue weighted by atomic mass is 9.94. The van der Waals surface area contributed by atoms with Crippen molar-refractivity contribution in [2.45, 2.75) is 68.4 Å². The number of hydrogen-bond donors (Lipinski definition) is 4. The van der Waals surface area contributed by atoms with Crippen LogP contribution >= 0.6 is 11.8 Å². The standard InChI is InChI=1S/C35H39FN6O4S/c36-32-26(18-27(33(37)41-32)21-7-10-25-22(17-21)11-14-38-34(25)44)20-5-8-23(9-6-20)46-24-12-15-42(16-13-24)30(43)4-2-1-3-29-31-28(19-47-29)39-35(45)40-31/h5-10,17-18,24,28-29,31H,1-4,11-16,19H2,(H2,37,41)(H,38,44)(H2,39,40,45)/t28-,29-,31-/m0/s1. The fourth-order valence-electron chi connectivity index (χ4n) is 7.08. The quantitative estimate of drug-likeness (QED) is 0.151. The molecular formula is C35H39FN6O4S. The van der Waals surface area contributed by atoms with E-state index >= 15 is 4.39 Å². The minimum atomic E-state index is -0.653. The van der Waals surface area contributed by atoms with Crippen molar-refractivity contribution in [3.8, 4) is 28.0 Å². The molecule has 12 heteroatoms. The van der Waals surface area contributed by atoms with Gasteiger partial charge in [-0.1, -0.05) is 30.7 Å². The van der Waals surface area contributed by atoms with Crippen LogP contribution in [-0.4, -0.2) is 76.6 Å². The second-order valence-corrected chi connectivity index (χ2v) is 14.0. The number of hydrogen-bond acceptors (Lipinski definition) is 7. The highest BCUT2D eigenvalue weighted by molar-refractivity contribution is 8.00. The minimum Gasteiger partial charge on any atom is -0.490 e. The van der Waals surface area contributed by atoms with Gasteiger partial charge in [-0.15, -0.1) is 0 Å². The maximum Gasteiger partial charge on any atom is 0.315 e. The number of amides is 4. The van der Waals surface area contributed by atoms with Crippen molar-refractivity contribution in [2.75, 3.05) is 31.1 Å². The van der Waals surface area contributed by atoms with Crippen LogP contribution in [0.1, 0.15) is 54.4 Å². The molecule has 4 amide bonds. The number of fused-ring (bicyclic) bond motifs is 2. The Morgan fingerprint density at radius 1 is 1.00 bits per heavy atom. The van der Waals surface area contributed by atoms with Crippen LogP contribution < -0.4 is 26.4 Å². The summed E-state index contributed by atoms with van der Waals surface area (Å²) in [6, 6.07) is 14.9. The van der Waals surface area contributed by atoms with E-state index in [1.807, 2.05) is 53.1 Å². The summed E-state index contributed by atoms with van der Waals surface area (Å²) >= 11 is 1.91. The molecule has 3 aromatic rings. The number of carbonyl (C=O) groups excluding carboxylic acids is 3. The summed E-state index contributed by atoms with van der Waals surface area (Å²) in [7, 11) is 0. The number of rotatable bonds is 9. The van der Waals surface area contributed by atoms with Gasteiger partial charge in [0, 0.05) is 66.6 Å². The number of benzene rings is 2. The summed E-state index contributed by atoms with van der Waals surface area (Å²) in [6.45, 7) is 1.91. The second-order valence-electron chi connectivity index (χ2n) is 12.7. The van der Waals surface area contributed by atoms with E-state index in [1.54, 1.807) is 12.1 Å². The van der Waals surface area contributed by atoms with E-state index in [4.69, 9.17) is 10.5 Å². The average molecular weight is 659 g/mol. The smallest absolute Gasteiger partial charge is 0.315 e. The predicted octanol–water partition coefficient (Wildman–Crippen LogP) is 4.52. The molecule has 2 aromatic carbocycles. The first-order valence-electron chi connectivity index (χ1n) is 16.4. The number of urea groups is 1. The van der Waals surface area contributed by atoms with Crippen LogP contribution in [0.4, 0.5) is 15.0 Å². The molecule has 3 atom stereocenters. The first kappa shape index (κ1) is 31.3. The molecule has 0 saturated carbocycles. The minimum absolute atomic E-state index is 0.0000818. The maximum absolute atomic E-state index is 15.0. The second kappa shape index (κ2) is 13.4. The van der Waals surface area contributed by atoms with Gasteiger partial charge in [0.05, 0.1) is 12.1 Å². The van der Waals surface area contributed by atoms with E-state index in [0.29, 0.717) is 59.3 Å². The number of nitrogens with one attached hydrogen (secondary N) is 3. The fraction of sp³-hybridized carbons (Fsp3) is 0.429. The molecule has 7 rings (SSSR count). The molecule has 3 saturated heterocycles. The van der Waals surface area contributed by atoms with Crippen molar-refractivity contribution in [2.24, 2.45) is 0 Å². The number of ether oxygens (including phenoxy) is 1. The van der Waals surface area contributed by atoms with Crippen molar-refractivity contribution < 1.29 is 23.5 Å². The summed E-state index contributed by atoms with van der Waals surface area (Å²) < 4.78 is 21.3. The Morgan fingerprint density at radius 2 is 1.79 bits per heavy atom. The molecule has 246 valence electrons. The van der Waals surface area contributed by atoms with Crippen molar-refractivity contribution in [1.29, 1.82) is 0 Å². The molecule has 3 fully saturated rings. The number of piperidine rings is 1. The number of likely N-dealkylation sites (tertiary alicyclic amines) is 1. The van der Waals surface area contributed by atoms with Crippen LogP contribution in [0.5, 0.6) is 5.75 Å². The van der Waals surface area contributed by atoms with E-state index in [0.717, 1.165) is 55.4 Å². The van der Waals surface area contributed by atoms with Gasteiger partial charge in [-0.25, -0.2) is 9.78 Å². The summed E-state index contributed by atoms with van der Waals surface area (Å²) in [5.41, 5.74) is 10.1. The monoisotopic (exact) mass is 658 g/mol. The van der Waals surface area contributed by atoms with E-state index < -0.39 is 5.95 Å². The number of nitrogens with zero attached hydrogens (tertiary/aromatic N) is 2. The van der Waals surface area contributed by atoms with Gasteiger partial charge >= 0.3 is 6.03 Å². The van der Waals surface area contributed by atoms with Gasteiger partial charge in [0.25, 0.3) is 5.91 Å². The fourth-order valence-corrected chi connectivity index (χ4v) is 8.63. The summed E-state index contributed by atoms with van der Waals surface area (Å²) in [6.07, 6.45) is 5.61. The van der Waals surface area contributed by atoms with Gasteiger partial charge in [-0.2, -0.15) is 16.2 Å². The zero-order valence-electron chi connectivity index (χ0n) is 26.1. The Balaban J connectivity index is 0.899. The number of thioether (sulfide) groups is 1. The summed E-state index contributed by atoms with van der Waals surface area (Å²) in [5, 5.41) is 9.27. The van der Waals surface area contributed by atoms with Gasteiger partial charge < -0.3 is 31.3 Å². The number of anilines is 1. The molecule has 5 heterocycles. The highest BCUT2D eigenvalue weighted by Crippen LogP contribution is 2.35. The highest BCUT2D eigenvalue weighted by atomic mass is 32.2. The molecule has 4 aliphatic rings. The number of unbranched alkanes of at least 4 members (excludes halogenated alkanes) is 1. The van der Waals surface area contributed by atoms with E-state index in [2.05, 4.69) is 20.9 Å². The summed E-state index contributed by atoms with van der Waals surface area (Å²) in [5.74, 6) is 1.18. The molecule has 0 radical (unpaired) electrons. The molecule has 0 bridgehead atoms. The third-order valence-electron chi connectivity index (χ3n) is 9.68. The van der Waals surface area contributed by atoms with E-state index in [-0.39, 0.29) is 41.9 Å². The number of nitrogen functional groups attached to an aromatic ring is 1. The maximum atomic E-state index is 15.0. The lowest BCUT2D eigenvalue weighted by molar-refractivity contribution is -0.133. The van der Waals surface area contributed by atoms with Gasteiger partial charge in [-0.3, -0.25) is 9.59 Å². The van der Waals surface area contributed by atoms with Crippen LogP contribution in [0, 0.1) is 5.95 Å². The normalized spacial score (nSPS) is 22.2. The lowest BCUT2D eigenvalue weighted by Crippen LogP contribution is -2.41. The molecule has 47 heavy (non-hydrogen) atoms. The zero-order chi connectivity index (χ0) is 32.5. The zero-order valence-corrected chi connectivity index (χ0v) is 26.9. The number of pyridine rings is 1. The molecule has 0 aliphatic carbocycles. The van der Waals surface area contributed by atoms with Crippen molar-refractivity contribution in [3.05, 3.63) is 65.6 Å². The number of nitrogens with two attached hydrogens (primary N) is 1. The third-order valence-corrected chi connectivity index (χ3v) is 11.2. The lowest BCUT2D eigenvalue weighted by Gasteiger charge is -2.32. The van der Waals surface area contributed by atoms with Gasteiger partial charge in [0.15, 0.2) is 0 Å². The van der Waals surface area contributed by atoms with Crippen LogP contribution in [0.15, 0.2) is 48.5 Å². The Hall–Kier alpha value is -4.32. The average Bonchev–Trinajstić information content (AvgIpc) is 3.63. The Morgan fingerprint density at radius 3 is 2.60 bits per heavy atom. The van der Waals surface area contributed by atoms with Crippen LogP contribution in [0.3, 0.4) is 0 Å². The third kappa shape index (κ3) is 6.74. The van der Waals surface area contributed by atoms with Gasteiger partial charge in [0.2, 0.25) is 11.9 Å². The Bertz CT molecular complexity index is 1680. The molecule has 10 nitrogen and oxygen atoms in total. The van der Waals surface area contributed by atoms with Gasteiger partial charge in [0.1, 0.15) is 17.7 Å².